The Kier molecular flexibility index (Phi) is 4.29. The van der Waals surface area contributed by atoms with Crippen molar-refractivity contribution in [3.05, 3.63) is 64.6 Å². The lowest BCUT2D eigenvalue weighted by Crippen LogP contribution is -2.14. The Morgan fingerprint density at radius 2 is 1.77 bits per heavy atom. The monoisotopic (exact) mass is 357 g/mol. The van der Waals surface area contributed by atoms with Gasteiger partial charge in [-0.15, -0.1) is 5.10 Å². The fourth-order valence-electron chi connectivity index (χ4n) is 1.93. The van der Waals surface area contributed by atoms with Gasteiger partial charge in [-0.2, -0.15) is 0 Å². The molecule has 0 fully saturated rings. The summed E-state index contributed by atoms with van der Waals surface area (Å²) in [6.45, 7) is 0. The van der Waals surface area contributed by atoms with Gasteiger partial charge in [-0.05, 0) is 29.8 Å². The molecule has 0 radical (unpaired) electrons. The maximum absolute atomic E-state index is 11.9. The summed E-state index contributed by atoms with van der Waals surface area (Å²) in [5.41, 5.74) is 1.71. The van der Waals surface area contributed by atoms with Crippen LogP contribution in [-0.4, -0.2) is 16.1 Å². The van der Waals surface area contributed by atoms with Gasteiger partial charge in [0.25, 0.3) is 0 Å². The first kappa shape index (κ1) is 14.5. The molecule has 1 aromatic heterocycles. The Balaban J connectivity index is 1.66. The molecule has 0 atom stereocenters. The lowest BCUT2D eigenvalue weighted by atomic mass is 10.1. The topological polar surface area (TPSA) is 68.0 Å². The average Bonchev–Trinajstić information content (AvgIpc) is 2.97. The van der Waals surface area contributed by atoms with Crippen molar-refractivity contribution in [2.24, 2.45) is 0 Å². The zero-order valence-corrected chi connectivity index (χ0v) is 13.1. The summed E-state index contributed by atoms with van der Waals surface area (Å²) >= 11 is 3.36. The molecule has 110 valence electrons. The van der Waals surface area contributed by atoms with Gasteiger partial charge in [0.2, 0.25) is 11.8 Å². The molecule has 0 aliphatic carbocycles. The molecule has 3 aromatic rings. The molecular weight excluding hydrogens is 346 g/mol. The molecule has 0 unspecified atom stereocenters. The number of hydrogen-bond acceptors (Lipinski definition) is 4. The molecular formula is C16H12BrN3O2. The SMILES string of the molecule is O=C(Cc1ccccc1)Nc1nnc(-c2ccc(Br)cc2)o1. The number of nitrogens with one attached hydrogen (secondary N) is 1. The highest BCUT2D eigenvalue weighted by Gasteiger charge is 2.11. The van der Waals surface area contributed by atoms with Gasteiger partial charge < -0.3 is 4.42 Å². The summed E-state index contributed by atoms with van der Waals surface area (Å²) in [6, 6.07) is 17.0. The molecule has 0 saturated heterocycles. The molecule has 0 saturated carbocycles. The molecule has 0 aliphatic rings. The van der Waals surface area contributed by atoms with E-state index in [0.717, 1.165) is 15.6 Å². The second-order valence-corrected chi connectivity index (χ2v) is 5.55. The maximum Gasteiger partial charge on any atom is 0.322 e. The van der Waals surface area contributed by atoms with Crippen LogP contribution in [0.25, 0.3) is 11.5 Å². The van der Waals surface area contributed by atoms with Crippen LogP contribution in [0, 0.1) is 0 Å². The second-order valence-electron chi connectivity index (χ2n) is 4.63. The minimum Gasteiger partial charge on any atom is -0.403 e. The van der Waals surface area contributed by atoms with E-state index in [0.29, 0.717) is 5.89 Å². The van der Waals surface area contributed by atoms with Crippen molar-refractivity contribution < 1.29 is 9.21 Å². The number of carbonyl (C=O) groups is 1. The van der Waals surface area contributed by atoms with Gasteiger partial charge in [0.15, 0.2) is 0 Å². The van der Waals surface area contributed by atoms with E-state index in [1.807, 2.05) is 54.6 Å². The highest BCUT2D eigenvalue weighted by Crippen LogP contribution is 2.21. The minimum absolute atomic E-state index is 0.0962. The van der Waals surface area contributed by atoms with Crippen LogP contribution in [0.5, 0.6) is 0 Å². The van der Waals surface area contributed by atoms with Gasteiger partial charge in [0, 0.05) is 10.0 Å². The van der Waals surface area contributed by atoms with Gasteiger partial charge in [-0.3, -0.25) is 10.1 Å². The smallest absolute Gasteiger partial charge is 0.322 e. The predicted molar refractivity (Wildman–Crippen MR) is 86.2 cm³/mol. The lowest BCUT2D eigenvalue weighted by Gasteiger charge is -2.00. The number of amides is 1. The number of benzene rings is 2. The fraction of sp³-hybridized carbons (Fsp3) is 0.0625. The molecule has 1 heterocycles. The first-order valence-corrected chi connectivity index (χ1v) is 7.43. The van der Waals surface area contributed by atoms with Crippen molar-refractivity contribution >= 4 is 27.9 Å². The standard InChI is InChI=1S/C16H12BrN3O2/c17-13-8-6-12(7-9-13)15-19-20-16(22-15)18-14(21)10-11-4-2-1-3-5-11/h1-9H,10H2,(H,18,20,21). The van der Waals surface area contributed by atoms with Crippen LogP contribution in [0.2, 0.25) is 0 Å². The van der Waals surface area contributed by atoms with Gasteiger partial charge in [-0.25, -0.2) is 0 Å². The van der Waals surface area contributed by atoms with Gasteiger partial charge in [0.1, 0.15) is 0 Å². The van der Waals surface area contributed by atoms with Crippen LogP contribution in [0.1, 0.15) is 5.56 Å². The lowest BCUT2D eigenvalue weighted by molar-refractivity contribution is -0.115. The van der Waals surface area contributed by atoms with E-state index >= 15 is 0 Å². The van der Waals surface area contributed by atoms with Crippen LogP contribution in [-0.2, 0) is 11.2 Å². The third-order valence-corrected chi connectivity index (χ3v) is 3.50. The van der Waals surface area contributed by atoms with E-state index in [1.54, 1.807) is 0 Å². The molecule has 1 amide bonds. The highest BCUT2D eigenvalue weighted by atomic mass is 79.9. The molecule has 2 aromatic carbocycles. The maximum atomic E-state index is 11.9. The number of aromatic nitrogens is 2. The van der Waals surface area contributed by atoms with Gasteiger partial charge in [-0.1, -0.05) is 51.4 Å². The summed E-state index contributed by atoms with van der Waals surface area (Å²) in [5, 5.41) is 10.4. The van der Waals surface area contributed by atoms with Crippen LogP contribution >= 0.6 is 15.9 Å². The molecule has 22 heavy (non-hydrogen) atoms. The summed E-state index contributed by atoms with van der Waals surface area (Å²) in [4.78, 5) is 11.9. The minimum atomic E-state index is -0.197. The molecule has 0 bridgehead atoms. The Labute approximate surface area is 135 Å². The zero-order chi connectivity index (χ0) is 15.4. The molecule has 0 spiro atoms. The Morgan fingerprint density at radius 1 is 1.05 bits per heavy atom. The van der Waals surface area contributed by atoms with Crippen LogP contribution in [0.4, 0.5) is 6.01 Å². The number of rotatable bonds is 4. The number of anilines is 1. The van der Waals surface area contributed by atoms with Crippen molar-refractivity contribution in [1.29, 1.82) is 0 Å². The summed E-state index contributed by atoms with van der Waals surface area (Å²) in [7, 11) is 0. The third kappa shape index (κ3) is 3.59. The zero-order valence-electron chi connectivity index (χ0n) is 11.5. The second kappa shape index (κ2) is 6.53. The van der Waals surface area contributed by atoms with Crippen molar-refractivity contribution in [2.75, 3.05) is 5.32 Å². The normalized spacial score (nSPS) is 10.4. The van der Waals surface area contributed by atoms with Gasteiger partial charge in [0.05, 0.1) is 6.42 Å². The highest BCUT2D eigenvalue weighted by molar-refractivity contribution is 9.10. The first-order valence-electron chi connectivity index (χ1n) is 6.64. The first-order chi connectivity index (χ1) is 10.7. The van der Waals surface area contributed by atoms with Crippen LogP contribution < -0.4 is 5.32 Å². The predicted octanol–water partition coefficient (Wildman–Crippen LogP) is 3.68. The van der Waals surface area contributed by atoms with Crippen molar-refractivity contribution in [3.8, 4) is 11.5 Å². The van der Waals surface area contributed by atoms with Crippen LogP contribution in [0.15, 0.2) is 63.5 Å². The van der Waals surface area contributed by atoms with Gasteiger partial charge >= 0.3 is 6.01 Å². The van der Waals surface area contributed by atoms with E-state index in [9.17, 15) is 4.79 Å². The number of nitrogens with zero attached hydrogens (tertiary/aromatic N) is 2. The van der Waals surface area contributed by atoms with E-state index in [-0.39, 0.29) is 18.3 Å². The Bertz CT molecular complexity index is 770. The Hall–Kier alpha value is -2.47. The summed E-state index contributed by atoms with van der Waals surface area (Å²) in [5.74, 6) is 0.166. The summed E-state index contributed by atoms with van der Waals surface area (Å²) in [6.07, 6.45) is 0.261. The average molecular weight is 358 g/mol. The van der Waals surface area contributed by atoms with Crippen molar-refractivity contribution in [3.63, 3.8) is 0 Å². The van der Waals surface area contributed by atoms with E-state index in [4.69, 9.17) is 4.42 Å². The molecule has 3 rings (SSSR count). The van der Waals surface area contributed by atoms with Crippen LogP contribution in [0.3, 0.4) is 0 Å². The molecule has 0 aliphatic heterocycles. The number of carbonyl (C=O) groups excluding carboxylic acids is 1. The quantitative estimate of drug-likeness (QED) is 0.773. The number of hydrogen-bond donors (Lipinski definition) is 1. The number of halogens is 1. The molecule has 6 heteroatoms. The van der Waals surface area contributed by atoms with Crippen molar-refractivity contribution in [1.82, 2.24) is 10.2 Å². The van der Waals surface area contributed by atoms with E-state index in [2.05, 4.69) is 31.4 Å². The third-order valence-electron chi connectivity index (χ3n) is 2.97. The summed E-state index contributed by atoms with van der Waals surface area (Å²) < 4.78 is 6.41. The van der Waals surface area contributed by atoms with Crippen molar-refractivity contribution in [2.45, 2.75) is 6.42 Å². The fourth-order valence-corrected chi connectivity index (χ4v) is 2.19. The van der Waals surface area contributed by atoms with E-state index in [1.165, 1.54) is 0 Å². The molecule has 5 nitrogen and oxygen atoms in total. The largest absolute Gasteiger partial charge is 0.403 e. The van der Waals surface area contributed by atoms with E-state index < -0.39 is 0 Å². The molecule has 1 N–H and O–H groups in total. The Morgan fingerprint density at radius 3 is 2.50 bits per heavy atom.